The predicted octanol–water partition coefficient (Wildman–Crippen LogP) is 7.56. The maximum atomic E-state index is 13.9. The molecule has 3 N–H and O–H groups in total. The Bertz CT molecular complexity index is 1760. The topological polar surface area (TPSA) is 86.2 Å². The lowest BCUT2D eigenvalue weighted by molar-refractivity contribution is -0.137. The van der Waals surface area contributed by atoms with Crippen LogP contribution in [0, 0.1) is 12.3 Å². The fourth-order valence-electron chi connectivity index (χ4n) is 4.91. The van der Waals surface area contributed by atoms with Crippen LogP contribution in [0.15, 0.2) is 91.0 Å². The van der Waals surface area contributed by atoms with Crippen LogP contribution in [0.4, 0.5) is 13.2 Å². The van der Waals surface area contributed by atoms with Gasteiger partial charge in [-0.15, -0.1) is 0 Å². The second kappa shape index (κ2) is 11.4. The van der Waals surface area contributed by atoms with E-state index in [1.54, 1.807) is 39.3 Å². The average Bonchev–Trinajstić information content (AvgIpc) is 3.35. The SMILES string of the molecule is COc1cccc(-c2nc(-c3cc(C)cc(C(F)(F)F)c3)n(Cc3ccc(C(=N)N)cc3)c2-c2cccc(OC)c2)c1. The van der Waals surface area contributed by atoms with Crippen LogP contribution < -0.4 is 15.2 Å². The molecule has 0 saturated carbocycles. The van der Waals surface area contributed by atoms with Crippen LogP contribution in [0.3, 0.4) is 0 Å². The molecule has 6 nitrogen and oxygen atoms in total. The zero-order valence-electron chi connectivity index (χ0n) is 23.3. The van der Waals surface area contributed by atoms with Gasteiger partial charge < -0.3 is 19.8 Å². The number of imidazole rings is 1. The Hall–Kier alpha value is -5.05. The zero-order chi connectivity index (χ0) is 30.0. The van der Waals surface area contributed by atoms with Gasteiger partial charge in [0.25, 0.3) is 0 Å². The van der Waals surface area contributed by atoms with Gasteiger partial charge in [0.15, 0.2) is 0 Å². The zero-order valence-corrected chi connectivity index (χ0v) is 23.3. The van der Waals surface area contributed by atoms with Gasteiger partial charge in [-0.25, -0.2) is 4.98 Å². The number of nitrogen functional groups attached to an aromatic ring is 1. The standard InChI is InChI=1S/C33H29F3N4O2/c1-20-14-25(16-26(15-20)33(34,35)36)32-39-29(23-6-4-8-27(17-23)41-2)30(24-7-5-9-28(18-24)42-3)40(32)19-21-10-12-22(13-11-21)31(37)38/h4-18H,19H2,1-3H3,(H3,37,38). The summed E-state index contributed by atoms with van der Waals surface area (Å²) < 4.78 is 54.6. The minimum absolute atomic E-state index is 0.0540. The molecule has 0 aliphatic rings. The van der Waals surface area contributed by atoms with Crippen molar-refractivity contribution in [3.63, 3.8) is 0 Å². The van der Waals surface area contributed by atoms with Gasteiger partial charge in [0.05, 0.1) is 31.2 Å². The second-order valence-electron chi connectivity index (χ2n) is 9.88. The van der Waals surface area contributed by atoms with E-state index in [1.807, 2.05) is 65.2 Å². The predicted molar refractivity (Wildman–Crippen MR) is 158 cm³/mol. The fraction of sp³-hybridized carbons (Fsp3) is 0.152. The van der Waals surface area contributed by atoms with Crippen LogP contribution in [0.1, 0.15) is 22.3 Å². The molecule has 42 heavy (non-hydrogen) atoms. The molecular weight excluding hydrogens is 541 g/mol. The smallest absolute Gasteiger partial charge is 0.416 e. The summed E-state index contributed by atoms with van der Waals surface area (Å²) in [5.74, 6) is 1.56. The largest absolute Gasteiger partial charge is 0.497 e. The van der Waals surface area contributed by atoms with Crippen LogP contribution in [-0.2, 0) is 12.7 Å². The minimum Gasteiger partial charge on any atom is -0.497 e. The van der Waals surface area contributed by atoms with Gasteiger partial charge in [-0.1, -0.05) is 48.5 Å². The molecule has 9 heteroatoms. The normalized spacial score (nSPS) is 11.4. The molecule has 5 rings (SSSR count). The number of hydrogen-bond acceptors (Lipinski definition) is 4. The maximum Gasteiger partial charge on any atom is 0.416 e. The number of nitrogens with one attached hydrogen (secondary N) is 1. The summed E-state index contributed by atoms with van der Waals surface area (Å²) in [4.78, 5) is 5.01. The molecule has 0 atom stereocenters. The lowest BCUT2D eigenvalue weighted by atomic mass is 10.0. The highest BCUT2D eigenvalue weighted by Gasteiger charge is 2.32. The third-order valence-electron chi connectivity index (χ3n) is 6.92. The summed E-state index contributed by atoms with van der Waals surface area (Å²) >= 11 is 0. The van der Waals surface area contributed by atoms with Gasteiger partial charge in [-0.3, -0.25) is 5.41 Å². The van der Waals surface area contributed by atoms with Gasteiger partial charge in [0.1, 0.15) is 23.2 Å². The Labute approximate surface area is 241 Å². The first-order valence-electron chi connectivity index (χ1n) is 13.1. The van der Waals surface area contributed by atoms with Gasteiger partial charge in [-0.05, 0) is 60.5 Å². The van der Waals surface area contributed by atoms with Crippen molar-refractivity contribution in [1.82, 2.24) is 9.55 Å². The molecule has 0 fully saturated rings. The van der Waals surface area contributed by atoms with Crippen molar-refractivity contribution in [2.24, 2.45) is 5.73 Å². The third kappa shape index (κ3) is 5.85. The van der Waals surface area contributed by atoms with Crippen molar-refractivity contribution in [2.45, 2.75) is 19.6 Å². The Kier molecular flexibility index (Phi) is 7.76. The van der Waals surface area contributed by atoms with Crippen LogP contribution in [0.2, 0.25) is 0 Å². The summed E-state index contributed by atoms with van der Waals surface area (Å²) in [6, 6.07) is 26.0. The highest BCUT2D eigenvalue weighted by Crippen LogP contribution is 2.40. The molecule has 0 aliphatic heterocycles. The number of rotatable bonds is 8. The molecule has 0 amide bonds. The lowest BCUT2D eigenvalue weighted by Gasteiger charge is -2.16. The van der Waals surface area contributed by atoms with E-state index in [1.165, 1.54) is 0 Å². The molecule has 0 bridgehead atoms. The summed E-state index contributed by atoms with van der Waals surface area (Å²) in [5, 5.41) is 7.73. The van der Waals surface area contributed by atoms with Crippen molar-refractivity contribution < 1.29 is 22.6 Å². The Morgan fingerprint density at radius 3 is 2.05 bits per heavy atom. The Morgan fingerprint density at radius 1 is 0.833 bits per heavy atom. The molecule has 5 aromatic rings. The van der Waals surface area contributed by atoms with Crippen LogP contribution >= 0.6 is 0 Å². The quantitative estimate of drug-likeness (QED) is 0.149. The number of hydrogen-bond donors (Lipinski definition) is 2. The number of amidine groups is 1. The molecule has 1 aromatic heterocycles. The number of ether oxygens (including phenoxy) is 2. The molecule has 0 spiro atoms. The maximum absolute atomic E-state index is 13.9. The van der Waals surface area contributed by atoms with Gasteiger partial charge in [-0.2, -0.15) is 13.2 Å². The van der Waals surface area contributed by atoms with Crippen molar-refractivity contribution in [3.05, 3.63) is 113 Å². The summed E-state index contributed by atoms with van der Waals surface area (Å²) in [5.41, 5.74) is 9.91. The van der Waals surface area contributed by atoms with Gasteiger partial charge in [0.2, 0.25) is 0 Å². The van der Waals surface area contributed by atoms with Crippen molar-refractivity contribution in [3.8, 4) is 45.4 Å². The van der Waals surface area contributed by atoms with Gasteiger partial charge in [0, 0.05) is 28.8 Å². The van der Waals surface area contributed by atoms with Crippen molar-refractivity contribution in [2.75, 3.05) is 14.2 Å². The highest BCUT2D eigenvalue weighted by atomic mass is 19.4. The van der Waals surface area contributed by atoms with Crippen LogP contribution in [-0.4, -0.2) is 29.6 Å². The first-order chi connectivity index (χ1) is 20.1. The van der Waals surface area contributed by atoms with Crippen LogP contribution in [0.5, 0.6) is 11.5 Å². The fourth-order valence-corrected chi connectivity index (χ4v) is 4.91. The molecule has 4 aromatic carbocycles. The number of nitrogens with zero attached hydrogens (tertiary/aromatic N) is 2. The Morgan fingerprint density at radius 2 is 1.45 bits per heavy atom. The van der Waals surface area contributed by atoms with E-state index >= 15 is 0 Å². The molecule has 0 radical (unpaired) electrons. The first kappa shape index (κ1) is 28.5. The monoisotopic (exact) mass is 570 g/mol. The molecule has 214 valence electrons. The van der Waals surface area contributed by atoms with E-state index in [9.17, 15) is 13.2 Å². The first-order valence-corrected chi connectivity index (χ1v) is 13.1. The van der Waals surface area contributed by atoms with E-state index in [0.29, 0.717) is 45.4 Å². The third-order valence-corrected chi connectivity index (χ3v) is 6.92. The van der Waals surface area contributed by atoms with Crippen molar-refractivity contribution >= 4 is 5.84 Å². The highest BCUT2D eigenvalue weighted by molar-refractivity contribution is 5.94. The number of alkyl halides is 3. The number of benzene rings is 4. The van der Waals surface area contributed by atoms with E-state index in [2.05, 4.69) is 0 Å². The minimum atomic E-state index is -4.52. The van der Waals surface area contributed by atoms with Gasteiger partial charge >= 0.3 is 6.18 Å². The molecule has 0 aliphatic carbocycles. The van der Waals surface area contributed by atoms with E-state index in [4.69, 9.17) is 25.6 Å². The summed E-state index contributed by atoms with van der Waals surface area (Å²) in [6.07, 6.45) is -4.52. The average molecular weight is 571 g/mol. The van der Waals surface area contributed by atoms with E-state index in [-0.39, 0.29) is 12.4 Å². The second-order valence-corrected chi connectivity index (χ2v) is 9.88. The number of aromatic nitrogens is 2. The lowest BCUT2D eigenvalue weighted by Crippen LogP contribution is -2.11. The summed E-state index contributed by atoms with van der Waals surface area (Å²) in [7, 11) is 3.15. The number of nitrogens with two attached hydrogens (primary N) is 1. The molecule has 1 heterocycles. The van der Waals surface area contributed by atoms with Crippen molar-refractivity contribution in [1.29, 1.82) is 5.41 Å². The van der Waals surface area contributed by atoms with Crippen LogP contribution in [0.25, 0.3) is 33.9 Å². The van der Waals surface area contributed by atoms with E-state index in [0.717, 1.165) is 28.8 Å². The summed E-state index contributed by atoms with van der Waals surface area (Å²) in [6.45, 7) is 1.92. The van der Waals surface area contributed by atoms with E-state index < -0.39 is 11.7 Å². The number of methoxy groups -OCH3 is 2. The number of aryl methyl sites for hydroxylation is 1. The Balaban J connectivity index is 1.83. The molecule has 0 saturated heterocycles. The number of halogens is 3. The molecular formula is C33H29F3N4O2. The molecule has 0 unspecified atom stereocenters.